The number of nitrogens with one attached hydrogen (secondary N) is 2. The Labute approximate surface area is 113 Å². The molecule has 0 radical (unpaired) electrons. The Morgan fingerprint density at radius 3 is 2.95 bits per heavy atom. The zero-order valence-corrected chi connectivity index (χ0v) is 11.2. The van der Waals surface area contributed by atoms with Gasteiger partial charge in [-0.3, -0.25) is 0 Å². The fraction of sp³-hybridized carbons (Fsp3) is 0.571. The molecule has 106 valence electrons. The summed E-state index contributed by atoms with van der Waals surface area (Å²) in [4.78, 5) is 0. The minimum absolute atomic E-state index is 0.229. The Morgan fingerprint density at radius 2 is 2.32 bits per heavy atom. The number of rotatable bonds is 6. The zero-order valence-electron chi connectivity index (χ0n) is 11.2. The van der Waals surface area contributed by atoms with E-state index in [0.29, 0.717) is 25.4 Å². The van der Waals surface area contributed by atoms with Gasteiger partial charge in [0.2, 0.25) is 0 Å². The first-order valence-corrected chi connectivity index (χ1v) is 6.71. The highest BCUT2D eigenvalue weighted by atomic mass is 19.1. The molecule has 3 N–H and O–H groups in total. The summed E-state index contributed by atoms with van der Waals surface area (Å²) in [7, 11) is 0. The van der Waals surface area contributed by atoms with Crippen LogP contribution in [0.2, 0.25) is 0 Å². The van der Waals surface area contributed by atoms with Gasteiger partial charge in [-0.2, -0.15) is 0 Å². The molecule has 1 saturated heterocycles. The van der Waals surface area contributed by atoms with E-state index in [1.807, 2.05) is 13.0 Å². The van der Waals surface area contributed by atoms with Crippen molar-refractivity contribution in [2.45, 2.75) is 19.6 Å². The van der Waals surface area contributed by atoms with Gasteiger partial charge in [0.1, 0.15) is 0 Å². The van der Waals surface area contributed by atoms with Crippen molar-refractivity contribution in [2.75, 3.05) is 26.2 Å². The van der Waals surface area contributed by atoms with Crippen LogP contribution in [-0.4, -0.2) is 37.5 Å². The Bertz CT molecular complexity index is 414. The number of β-amino-alcohol motifs (C(OH)–C–C–N with tert-alkyl or cyclic N) is 1. The first-order chi connectivity index (χ1) is 9.20. The molecule has 1 aromatic rings. The zero-order chi connectivity index (χ0) is 13.7. The Balaban J connectivity index is 1.81. The van der Waals surface area contributed by atoms with Crippen LogP contribution in [0.5, 0.6) is 5.75 Å². The Kier molecular flexibility index (Phi) is 5.13. The molecule has 0 bridgehead atoms. The number of ether oxygens (including phenoxy) is 1. The summed E-state index contributed by atoms with van der Waals surface area (Å²) < 4.78 is 18.8. The largest absolute Gasteiger partial charge is 0.491 e. The number of aliphatic hydroxyl groups is 1. The number of benzene rings is 1. The molecule has 0 spiro atoms. The molecule has 2 unspecified atom stereocenters. The lowest BCUT2D eigenvalue weighted by atomic mass is 10.1. The SMILES string of the molecule is CCOc1ccc(CNCC2CNCC2O)cc1F. The molecule has 19 heavy (non-hydrogen) atoms. The molecule has 1 aromatic carbocycles. The number of hydrogen-bond acceptors (Lipinski definition) is 4. The summed E-state index contributed by atoms with van der Waals surface area (Å²) in [5.41, 5.74) is 0.876. The van der Waals surface area contributed by atoms with Crippen LogP contribution in [0.3, 0.4) is 0 Å². The van der Waals surface area contributed by atoms with Crippen molar-refractivity contribution in [2.24, 2.45) is 5.92 Å². The smallest absolute Gasteiger partial charge is 0.165 e. The van der Waals surface area contributed by atoms with Crippen molar-refractivity contribution >= 4 is 0 Å². The predicted octanol–water partition coefficient (Wildman–Crippen LogP) is 0.894. The van der Waals surface area contributed by atoms with Crippen molar-refractivity contribution in [3.63, 3.8) is 0 Å². The average molecular weight is 268 g/mol. The van der Waals surface area contributed by atoms with Gasteiger partial charge >= 0.3 is 0 Å². The molecule has 0 aliphatic carbocycles. The second-order valence-corrected chi connectivity index (χ2v) is 4.81. The lowest BCUT2D eigenvalue weighted by Gasteiger charge is -2.14. The van der Waals surface area contributed by atoms with Gasteiger partial charge in [-0.15, -0.1) is 0 Å². The molecule has 0 amide bonds. The summed E-state index contributed by atoms with van der Waals surface area (Å²) in [6.45, 7) is 5.09. The van der Waals surface area contributed by atoms with Gasteiger partial charge in [0.05, 0.1) is 12.7 Å². The fourth-order valence-electron chi connectivity index (χ4n) is 2.26. The lowest BCUT2D eigenvalue weighted by molar-refractivity contribution is 0.146. The first-order valence-electron chi connectivity index (χ1n) is 6.71. The number of halogens is 1. The molecule has 0 saturated carbocycles. The normalized spacial score (nSPS) is 22.7. The van der Waals surface area contributed by atoms with Crippen molar-refractivity contribution in [3.8, 4) is 5.75 Å². The van der Waals surface area contributed by atoms with Gasteiger partial charge in [-0.05, 0) is 24.6 Å². The van der Waals surface area contributed by atoms with E-state index in [1.165, 1.54) is 6.07 Å². The molecular weight excluding hydrogens is 247 g/mol. The molecule has 0 aromatic heterocycles. The van der Waals surface area contributed by atoms with Crippen LogP contribution >= 0.6 is 0 Å². The van der Waals surface area contributed by atoms with E-state index in [9.17, 15) is 9.50 Å². The second-order valence-electron chi connectivity index (χ2n) is 4.81. The quantitative estimate of drug-likeness (QED) is 0.717. The predicted molar refractivity (Wildman–Crippen MR) is 71.6 cm³/mol. The van der Waals surface area contributed by atoms with Gasteiger partial charge in [0.15, 0.2) is 11.6 Å². The van der Waals surface area contributed by atoms with E-state index >= 15 is 0 Å². The monoisotopic (exact) mass is 268 g/mol. The maximum atomic E-state index is 13.6. The van der Waals surface area contributed by atoms with Gasteiger partial charge < -0.3 is 20.5 Å². The molecule has 4 nitrogen and oxygen atoms in total. The summed E-state index contributed by atoms with van der Waals surface area (Å²) in [6.07, 6.45) is -0.287. The second kappa shape index (κ2) is 6.84. The first kappa shape index (κ1) is 14.2. The third kappa shape index (κ3) is 3.89. The maximum Gasteiger partial charge on any atom is 0.165 e. The van der Waals surface area contributed by atoms with Crippen molar-refractivity contribution in [3.05, 3.63) is 29.6 Å². The molecule has 1 aliphatic rings. The van der Waals surface area contributed by atoms with Gasteiger partial charge in [-0.1, -0.05) is 6.07 Å². The fourth-order valence-corrected chi connectivity index (χ4v) is 2.26. The molecule has 1 aliphatic heterocycles. The summed E-state index contributed by atoms with van der Waals surface area (Å²) >= 11 is 0. The van der Waals surface area contributed by atoms with Crippen LogP contribution in [0.25, 0.3) is 0 Å². The number of aliphatic hydroxyl groups excluding tert-OH is 1. The number of hydrogen-bond donors (Lipinski definition) is 3. The van der Waals surface area contributed by atoms with E-state index in [1.54, 1.807) is 6.07 Å². The van der Waals surface area contributed by atoms with Crippen LogP contribution in [-0.2, 0) is 6.54 Å². The molecular formula is C14H21FN2O2. The summed E-state index contributed by atoms with van der Waals surface area (Å²) in [5, 5.41) is 16.0. The van der Waals surface area contributed by atoms with Crippen LogP contribution in [0.15, 0.2) is 18.2 Å². The van der Waals surface area contributed by atoms with E-state index in [-0.39, 0.29) is 17.8 Å². The Hall–Kier alpha value is -1.17. The van der Waals surface area contributed by atoms with Crippen LogP contribution in [0, 0.1) is 11.7 Å². The average Bonchev–Trinajstić information content (AvgIpc) is 2.79. The minimum atomic E-state index is -0.330. The van der Waals surface area contributed by atoms with E-state index in [2.05, 4.69) is 10.6 Å². The van der Waals surface area contributed by atoms with E-state index in [4.69, 9.17) is 4.74 Å². The van der Waals surface area contributed by atoms with Gasteiger partial charge in [-0.25, -0.2) is 4.39 Å². The minimum Gasteiger partial charge on any atom is -0.491 e. The van der Waals surface area contributed by atoms with Crippen molar-refractivity contribution < 1.29 is 14.2 Å². The van der Waals surface area contributed by atoms with Crippen LogP contribution in [0.1, 0.15) is 12.5 Å². The van der Waals surface area contributed by atoms with E-state index < -0.39 is 0 Å². The molecule has 1 heterocycles. The highest BCUT2D eigenvalue weighted by Gasteiger charge is 2.23. The molecule has 5 heteroatoms. The van der Waals surface area contributed by atoms with Crippen molar-refractivity contribution in [1.29, 1.82) is 0 Å². The standard InChI is InChI=1S/C14H21FN2O2/c1-2-19-14-4-3-10(5-12(14)15)6-16-7-11-8-17-9-13(11)18/h3-5,11,13,16-18H,2,6-9H2,1H3. The third-order valence-electron chi connectivity index (χ3n) is 3.34. The Morgan fingerprint density at radius 1 is 1.47 bits per heavy atom. The highest BCUT2D eigenvalue weighted by Crippen LogP contribution is 2.18. The summed E-state index contributed by atoms with van der Waals surface area (Å²) in [5.74, 6) is 0.193. The van der Waals surface area contributed by atoms with Gasteiger partial charge in [0, 0.05) is 32.1 Å². The molecule has 1 fully saturated rings. The third-order valence-corrected chi connectivity index (χ3v) is 3.34. The summed E-state index contributed by atoms with van der Waals surface area (Å²) in [6, 6.07) is 4.99. The lowest BCUT2D eigenvalue weighted by Crippen LogP contribution is -2.30. The van der Waals surface area contributed by atoms with Crippen LogP contribution in [0.4, 0.5) is 4.39 Å². The van der Waals surface area contributed by atoms with E-state index in [0.717, 1.165) is 18.7 Å². The highest BCUT2D eigenvalue weighted by molar-refractivity contribution is 5.29. The molecule has 2 rings (SSSR count). The van der Waals surface area contributed by atoms with Crippen LogP contribution < -0.4 is 15.4 Å². The molecule has 2 atom stereocenters. The van der Waals surface area contributed by atoms with Gasteiger partial charge in [0.25, 0.3) is 0 Å². The topological polar surface area (TPSA) is 53.5 Å². The van der Waals surface area contributed by atoms with Crippen molar-refractivity contribution in [1.82, 2.24) is 10.6 Å². The maximum absolute atomic E-state index is 13.6.